The van der Waals surface area contributed by atoms with Gasteiger partial charge in [0, 0.05) is 5.41 Å². The summed E-state index contributed by atoms with van der Waals surface area (Å²) < 4.78 is 0. The van der Waals surface area contributed by atoms with E-state index in [-0.39, 0.29) is 5.41 Å². The predicted molar refractivity (Wildman–Crippen MR) is 56.9 cm³/mol. The van der Waals surface area contributed by atoms with Gasteiger partial charge in [0.05, 0.1) is 6.54 Å². The van der Waals surface area contributed by atoms with Crippen LogP contribution in [0.25, 0.3) is 0 Å². The number of nitrogens with zero attached hydrogens (tertiary/aromatic N) is 1. The first-order valence-corrected chi connectivity index (χ1v) is 5.09. The molecule has 0 aliphatic heterocycles. The molecule has 0 bridgehead atoms. The number of rotatable bonds is 5. The average molecular weight is 185 g/mol. The first-order valence-electron chi connectivity index (χ1n) is 5.09. The number of Topliss-reactive ketones (excluding diaryl/α,β-unsaturated/α-hetero) is 1. The second kappa shape index (κ2) is 5.38. The predicted octanol–water partition coefficient (Wildman–Crippen LogP) is 2.33. The van der Waals surface area contributed by atoms with E-state index < -0.39 is 0 Å². The van der Waals surface area contributed by atoms with Crippen molar-refractivity contribution in [1.82, 2.24) is 4.90 Å². The van der Waals surface area contributed by atoms with E-state index in [1.165, 1.54) is 12.8 Å². The summed E-state index contributed by atoms with van der Waals surface area (Å²) in [5.41, 5.74) is -0.194. The van der Waals surface area contributed by atoms with Crippen molar-refractivity contribution in [1.29, 1.82) is 0 Å². The minimum atomic E-state index is -0.194. The zero-order chi connectivity index (χ0) is 10.5. The lowest BCUT2D eigenvalue weighted by Crippen LogP contribution is -2.33. The fraction of sp³-hybridized carbons (Fsp3) is 0.909. The van der Waals surface area contributed by atoms with Gasteiger partial charge in [0.1, 0.15) is 0 Å². The molecule has 0 radical (unpaired) electrons. The number of carbonyl (C=O) groups excluding carboxylic acids is 1. The molecule has 0 saturated carbocycles. The Kier molecular flexibility index (Phi) is 5.23. The fourth-order valence-electron chi connectivity index (χ4n) is 0.989. The third kappa shape index (κ3) is 5.81. The van der Waals surface area contributed by atoms with E-state index >= 15 is 0 Å². The summed E-state index contributed by atoms with van der Waals surface area (Å²) in [5.74, 6) is 0.325. The molecule has 0 fully saturated rings. The molecular formula is C11H23NO. The molecule has 78 valence electrons. The monoisotopic (exact) mass is 185 g/mol. The molecule has 0 amide bonds. The Balaban J connectivity index is 3.79. The van der Waals surface area contributed by atoms with Crippen molar-refractivity contribution in [2.45, 2.75) is 40.5 Å². The van der Waals surface area contributed by atoms with Crippen molar-refractivity contribution in [3.8, 4) is 0 Å². The Morgan fingerprint density at radius 1 is 1.31 bits per heavy atom. The van der Waals surface area contributed by atoms with Gasteiger partial charge >= 0.3 is 0 Å². The summed E-state index contributed by atoms with van der Waals surface area (Å²) in [6.45, 7) is 9.70. The van der Waals surface area contributed by atoms with Gasteiger partial charge in [-0.15, -0.1) is 0 Å². The van der Waals surface area contributed by atoms with Crippen LogP contribution in [0.4, 0.5) is 0 Å². The normalized spacial score (nSPS) is 12.2. The van der Waals surface area contributed by atoms with Gasteiger partial charge in [-0.1, -0.05) is 34.1 Å². The van der Waals surface area contributed by atoms with Crippen molar-refractivity contribution >= 4 is 5.78 Å². The van der Waals surface area contributed by atoms with Gasteiger partial charge in [-0.05, 0) is 20.0 Å². The number of unbranched alkanes of at least 4 members (excludes halogenated alkanes) is 1. The van der Waals surface area contributed by atoms with Gasteiger partial charge in [-0.25, -0.2) is 0 Å². The Hall–Kier alpha value is -0.370. The van der Waals surface area contributed by atoms with Crippen LogP contribution in [-0.2, 0) is 4.79 Å². The second-order valence-electron chi connectivity index (χ2n) is 4.76. The van der Waals surface area contributed by atoms with Crippen molar-refractivity contribution in [3.05, 3.63) is 0 Å². The van der Waals surface area contributed by atoms with Gasteiger partial charge < -0.3 is 0 Å². The van der Waals surface area contributed by atoms with Gasteiger partial charge in [-0.3, -0.25) is 9.69 Å². The van der Waals surface area contributed by atoms with Crippen LogP contribution in [0.2, 0.25) is 0 Å². The molecular weight excluding hydrogens is 162 g/mol. The van der Waals surface area contributed by atoms with E-state index in [1.54, 1.807) is 0 Å². The van der Waals surface area contributed by atoms with Gasteiger partial charge in [0.2, 0.25) is 0 Å². The zero-order valence-corrected chi connectivity index (χ0v) is 9.68. The van der Waals surface area contributed by atoms with E-state index in [9.17, 15) is 4.79 Å². The van der Waals surface area contributed by atoms with E-state index in [0.717, 1.165) is 6.54 Å². The third-order valence-electron chi connectivity index (χ3n) is 2.14. The lowest BCUT2D eigenvalue weighted by molar-refractivity contribution is -0.127. The largest absolute Gasteiger partial charge is 0.299 e. The molecule has 2 heteroatoms. The molecule has 0 saturated heterocycles. The van der Waals surface area contributed by atoms with Gasteiger partial charge in [0.15, 0.2) is 5.78 Å². The SMILES string of the molecule is CCCCN(C)CC(=O)C(C)(C)C. The fourth-order valence-corrected chi connectivity index (χ4v) is 0.989. The van der Waals surface area contributed by atoms with Crippen LogP contribution in [0.5, 0.6) is 0 Å². The number of carbonyl (C=O) groups is 1. The van der Waals surface area contributed by atoms with Crippen molar-refractivity contribution in [2.24, 2.45) is 5.41 Å². The van der Waals surface area contributed by atoms with Crippen LogP contribution in [0, 0.1) is 5.41 Å². The summed E-state index contributed by atoms with van der Waals surface area (Å²) in [6.07, 6.45) is 2.36. The molecule has 13 heavy (non-hydrogen) atoms. The van der Waals surface area contributed by atoms with Crippen molar-refractivity contribution < 1.29 is 4.79 Å². The van der Waals surface area contributed by atoms with Crippen molar-refractivity contribution in [2.75, 3.05) is 20.1 Å². The summed E-state index contributed by atoms with van der Waals surface area (Å²) in [7, 11) is 2.01. The smallest absolute Gasteiger partial charge is 0.152 e. The second-order valence-corrected chi connectivity index (χ2v) is 4.76. The highest BCUT2D eigenvalue weighted by atomic mass is 16.1. The zero-order valence-electron chi connectivity index (χ0n) is 9.68. The summed E-state index contributed by atoms with van der Waals surface area (Å²) >= 11 is 0. The lowest BCUT2D eigenvalue weighted by atomic mass is 9.90. The third-order valence-corrected chi connectivity index (χ3v) is 2.14. The molecule has 0 aromatic rings. The maximum absolute atomic E-state index is 11.6. The Morgan fingerprint density at radius 2 is 1.85 bits per heavy atom. The van der Waals surface area contributed by atoms with E-state index in [0.29, 0.717) is 12.3 Å². The minimum Gasteiger partial charge on any atom is -0.299 e. The van der Waals surface area contributed by atoms with Crippen LogP contribution < -0.4 is 0 Å². The summed E-state index contributed by atoms with van der Waals surface area (Å²) in [4.78, 5) is 13.7. The number of hydrogen-bond donors (Lipinski definition) is 0. The molecule has 0 aromatic carbocycles. The molecule has 0 atom stereocenters. The Morgan fingerprint density at radius 3 is 2.23 bits per heavy atom. The molecule has 0 spiro atoms. The molecule has 0 heterocycles. The minimum absolute atomic E-state index is 0.194. The molecule has 0 rings (SSSR count). The highest BCUT2D eigenvalue weighted by Gasteiger charge is 2.21. The molecule has 0 aliphatic carbocycles. The van der Waals surface area contributed by atoms with Crippen LogP contribution >= 0.6 is 0 Å². The standard InChI is InChI=1S/C11H23NO/c1-6-7-8-12(5)9-10(13)11(2,3)4/h6-9H2,1-5H3. The van der Waals surface area contributed by atoms with Crippen molar-refractivity contribution in [3.63, 3.8) is 0 Å². The highest BCUT2D eigenvalue weighted by molar-refractivity contribution is 5.85. The van der Waals surface area contributed by atoms with Crippen LogP contribution in [0.1, 0.15) is 40.5 Å². The van der Waals surface area contributed by atoms with Gasteiger partial charge in [0.25, 0.3) is 0 Å². The molecule has 2 nitrogen and oxygen atoms in total. The quantitative estimate of drug-likeness (QED) is 0.655. The molecule has 0 N–H and O–H groups in total. The summed E-state index contributed by atoms with van der Waals surface area (Å²) in [6, 6.07) is 0. The Bertz CT molecular complexity index is 158. The highest BCUT2D eigenvalue weighted by Crippen LogP contribution is 2.14. The van der Waals surface area contributed by atoms with Crippen LogP contribution in [0.15, 0.2) is 0 Å². The van der Waals surface area contributed by atoms with E-state index in [2.05, 4.69) is 11.8 Å². The van der Waals surface area contributed by atoms with E-state index in [4.69, 9.17) is 0 Å². The average Bonchev–Trinajstić information content (AvgIpc) is 1.99. The molecule has 0 aromatic heterocycles. The maximum Gasteiger partial charge on any atom is 0.152 e. The number of ketones is 1. The lowest BCUT2D eigenvalue weighted by Gasteiger charge is -2.22. The van der Waals surface area contributed by atoms with Crippen LogP contribution in [-0.4, -0.2) is 30.8 Å². The van der Waals surface area contributed by atoms with Crippen LogP contribution in [0.3, 0.4) is 0 Å². The van der Waals surface area contributed by atoms with Gasteiger partial charge in [-0.2, -0.15) is 0 Å². The molecule has 0 aliphatic rings. The maximum atomic E-state index is 11.6. The molecule has 0 unspecified atom stereocenters. The number of likely N-dealkylation sites (N-methyl/N-ethyl adjacent to an activating group) is 1. The summed E-state index contributed by atoms with van der Waals surface area (Å²) in [5, 5.41) is 0. The first kappa shape index (κ1) is 12.6. The number of hydrogen-bond acceptors (Lipinski definition) is 2. The van der Waals surface area contributed by atoms with E-state index in [1.807, 2.05) is 27.8 Å². The Labute approximate surface area is 82.3 Å². The topological polar surface area (TPSA) is 20.3 Å². The first-order chi connectivity index (χ1) is 5.88.